The van der Waals surface area contributed by atoms with Crippen LogP contribution in [-0.4, -0.2) is 11.7 Å². The second kappa shape index (κ2) is 6.59. The Morgan fingerprint density at radius 2 is 1.84 bits per heavy atom. The third kappa shape index (κ3) is 3.98. The van der Waals surface area contributed by atoms with E-state index in [2.05, 4.69) is 5.32 Å². The predicted molar refractivity (Wildman–Crippen MR) is 77.2 cm³/mol. The average Bonchev–Trinajstić information content (AvgIpc) is 2.40. The molecule has 0 aliphatic carbocycles. The molecule has 2 aromatic carbocycles. The Bertz CT molecular complexity index is 591. The van der Waals surface area contributed by atoms with E-state index in [1.807, 2.05) is 0 Å². The molecule has 2 aromatic rings. The molecule has 0 spiro atoms. The van der Waals surface area contributed by atoms with Crippen molar-refractivity contribution in [2.24, 2.45) is 0 Å². The van der Waals surface area contributed by atoms with Crippen LogP contribution in [0, 0.1) is 5.82 Å². The summed E-state index contributed by atoms with van der Waals surface area (Å²) in [6, 6.07) is 13.3. The summed E-state index contributed by atoms with van der Waals surface area (Å²) in [6.07, 6.45) is 0. The van der Waals surface area contributed by atoms with E-state index in [0.29, 0.717) is 15.6 Å². The number of benzene rings is 2. The molecule has 1 amide bonds. The van der Waals surface area contributed by atoms with Gasteiger partial charge in [0, 0.05) is 4.90 Å². The summed E-state index contributed by atoms with van der Waals surface area (Å²) < 4.78 is 13.4. The summed E-state index contributed by atoms with van der Waals surface area (Å²) in [5.74, 6) is -0.411. The molecule has 2 nitrogen and oxygen atoms in total. The van der Waals surface area contributed by atoms with Crippen LogP contribution in [0.5, 0.6) is 0 Å². The minimum atomic E-state index is -0.321. The van der Waals surface area contributed by atoms with Crippen molar-refractivity contribution in [2.75, 3.05) is 11.1 Å². The fourth-order valence-corrected chi connectivity index (χ4v) is 2.38. The molecule has 98 valence electrons. The highest BCUT2D eigenvalue weighted by Gasteiger charge is 2.08. The van der Waals surface area contributed by atoms with Gasteiger partial charge in [0.25, 0.3) is 0 Å². The monoisotopic (exact) mass is 295 g/mol. The predicted octanol–water partition coefficient (Wildman–Crippen LogP) is 4.21. The second-order valence-electron chi connectivity index (χ2n) is 3.75. The molecule has 0 unspecified atom stereocenters. The van der Waals surface area contributed by atoms with Gasteiger partial charge in [-0.1, -0.05) is 35.9 Å². The molecule has 0 aliphatic rings. The molecule has 19 heavy (non-hydrogen) atoms. The van der Waals surface area contributed by atoms with E-state index < -0.39 is 0 Å². The van der Waals surface area contributed by atoms with Gasteiger partial charge >= 0.3 is 0 Å². The number of hydrogen-bond acceptors (Lipinski definition) is 2. The molecule has 0 heterocycles. The van der Waals surface area contributed by atoms with E-state index in [9.17, 15) is 9.18 Å². The first-order chi connectivity index (χ1) is 9.16. The van der Waals surface area contributed by atoms with E-state index >= 15 is 0 Å². The molecule has 0 aliphatic heterocycles. The number of rotatable bonds is 4. The van der Waals surface area contributed by atoms with Crippen LogP contribution in [0.3, 0.4) is 0 Å². The summed E-state index contributed by atoms with van der Waals surface area (Å²) in [4.78, 5) is 12.2. The van der Waals surface area contributed by atoms with Crippen molar-refractivity contribution in [2.45, 2.75) is 4.90 Å². The van der Waals surface area contributed by atoms with Crippen molar-refractivity contribution in [3.63, 3.8) is 0 Å². The number of hydrogen-bond donors (Lipinski definition) is 1. The standard InChI is InChI=1S/C14H11ClFNOS/c15-10-5-1-3-7-12(10)17-14(18)9-19-13-8-4-2-6-11(13)16/h1-8H,9H2,(H,17,18). The maximum absolute atomic E-state index is 13.4. The van der Waals surface area contributed by atoms with Gasteiger partial charge in [0.1, 0.15) is 5.82 Å². The number of para-hydroxylation sites is 1. The molecular weight excluding hydrogens is 285 g/mol. The van der Waals surface area contributed by atoms with Gasteiger partial charge in [-0.2, -0.15) is 0 Å². The van der Waals surface area contributed by atoms with Gasteiger partial charge < -0.3 is 5.32 Å². The Morgan fingerprint density at radius 3 is 2.58 bits per heavy atom. The largest absolute Gasteiger partial charge is 0.324 e. The van der Waals surface area contributed by atoms with Crippen molar-refractivity contribution < 1.29 is 9.18 Å². The number of carbonyl (C=O) groups excluding carboxylic acids is 1. The van der Waals surface area contributed by atoms with Gasteiger partial charge in [-0.3, -0.25) is 4.79 Å². The zero-order valence-electron chi connectivity index (χ0n) is 9.90. The van der Waals surface area contributed by atoms with Crippen molar-refractivity contribution >= 4 is 35.0 Å². The van der Waals surface area contributed by atoms with Gasteiger partial charge in [-0.15, -0.1) is 11.8 Å². The van der Waals surface area contributed by atoms with Crippen molar-refractivity contribution in [3.8, 4) is 0 Å². The number of thioether (sulfide) groups is 1. The average molecular weight is 296 g/mol. The van der Waals surface area contributed by atoms with Crippen molar-refractivity contribution in [3.05, 3.63) is 59.4 Å². The van der Waals surface area contributed by atoms with Crippen LogP contribution in [0.2, 0.25) is 5.02 Å². The zero-order chi connectivity index (χ0) is 13.7. The van der Waals surface area contributed by atoms with Gasteiger partial charge in [0.2, 0.25) is 5.91 Å². The lowest BCUT2D eigenvalue weighted by molar-refractivity contribution is -0.113. The van der Waals surface area contributed by atoms with Crippen LogP contribution in [0.25, 0.3) is 0 Å². The van der Waals surface area contributed by atoms with Crippen molar-refractivity contribution in [1.29, 1.82) is 0 Å². The normalized spacial score (nSPS) is 10.2. The van der Waals surface area contributed by atoms with E-state index in [1.165, 1.54) is 6.07 Å². The first-order valence-corrected chi connectivity index (χ1v) is 6.95. The quantitative estimate of drug-likeness (QED) is 0.856. The molecule has 0 atom stereocenters. The van der Waals surface area contributed by atoms with Crippen LogP contribution < -0.4 is 5.32 Å². The lowest BCUT2D eigenvalue weighted by atomic mass is 10.3. The van der Waals surface area contributed by atoms with E-state index in [4.69, 9.17) is 11.6 Å². The van der Waals surface area contributed by atoms with Crippen molar-refractivity contribution in [1.82, 2.24) is 0 Å². The molecule has 0 bridgehead atoms. The number of halogens is 2. The van der Waals surface area contributed by atoms with Crippen LogP contribution in [0.1, 0.15) is 0 Å². The van der Waals surface area contributed by atoms with Crippen LogP contribution in [0.15, 0.2) is 53.4 Å². The third-order valence-electron chi connectivity index (χ3n) is 2.34. The highest BCUT2D eigenvalue weighted by atomic mass is 35.5. The molecular formula is C14H11ClFNOS. The molecule has 0 saturated heterocycles. The van der Waals surface area contributed by atoms with E-state index in [0.717, 1.165) is 11.8 Å². The van der Waals surface area contributed by atoms with E-state index in [1.54, 1.807) is 42.5 Å². The minimum absolute atomic E-state index is 0.131. The fourth-order valence-electron chi connectivity index (χ4n) is 1.45. The SMILES string of the molecule is O=C(CSc1ccccc1F)Nc1ccccc1Cl. The number of anilines is 1. The number of amides is 1. The summed E-state index contributed by atoms with van der Waals surface area (Å²) in [7, 11) is 0. The highest BCUT2D eigenvalue weighted by Crippen LogP contribution is 2.23. The number of nitrogens with one attached hydrogen (secondary N) is 1. The smallest absolute Gasteiger partial charge is 0.234 e. The lowest BCUT2D eigenvalue weighted by Crippen LogP contribution is -2.14. The molecule has 0 fully saturated rings. The molecule has 0 radical (unpaired) electrons. The topological polar surface area (TPSA) is 29.1 Å². The van der Waals surface area contributed by atoms with E-state index in [-0.39, 0.29) is 17.5 Å². The molecule has 5 heteroatoms. The lowest BCUT2D eigenvalue weighted by Gasteiger charge is -2.07. The molecule has 0 saturated carbocycles. The second-order valence-corrected chi connectivity index (χ2v) is 5.17. The summed E-state index contributed by atoms with van der Waals surface area (Å²) >= 11 is 7.08. The van der Waals surface area contributed by atoms with Gasteiger partial charge in [0.05, 0.1) is 16.5 Å². The Kier molecular flexibility index (Phi) is 4.82. The van der Waals surface area contributed by atoms with Crippen LogP contribution in [-0.2, 0) is 4.79 Å². The van der Waals surface area contributed by atoms with Gasteiger partial charge in [-0.25, -0.2) is 4.39 Å². The highest BCUT2D eigenvalue weighted by molar-refractivity contribution is 8.00. The summed E-state index contributed by atoms with van der Waals surface area (Å²) in [5, 5.41) is 3.16. The van der Waals surface area contributed by atoms with Crippen LogP contribution >= 0.6 is 23.4 Å². The van der Waals surface area contributed by atoms with Gasteiger partial charge in [-0.05, 0) is 24.3 Å². The third-order valence-corrected chi connectivity index (χ3v) is 3.72. The Morgan fingerprint density at radius 1 is 1.16 bits per heavy atom. The Hall–Kier alpha value is -1.52. The molecule has 1 N–H and O–H groups in total. The van der Waals surface area contributed by atoms with Crippen LogP contribution in [0.4, 0.5) is 10.1 Å². The molecule has 0 aromatic heterocycles. The first-order valence-electron chi connectivity index (χ1n) is 5.58. The van der Waals surface area contributed by atoms with Gasteiger partial charge in [0.15, 0.2) is 0 Å². The maximum atomic E-state index is 13.4. The number of carbonyl (C=O) groups is 1. The summed E-state index contributed by atoms with van der Waals surface area (Å²) in [6.45, 7) is 0. The summed E-state index contributed by atoms with van der Waals surface area (Å²) in [5.41, 5.74) is 0.559. The Labute approximate surface area is 120 Å². The maximum Gasteiger partial charge on any atom is 0.234 e. The first kappa shape index (κ1) is 13.9. The Balaban J connectivity index is 1.92. The minimum Gasteiger partial charge on any atom is -0.324 e. The molecule has 2 rings (SSSR count). The fraction of sp³-hybridized carbons (Fsp3) is 0.0714. The zero-order valence-corrected chi connectivity index (χ0v) is 11.5.